The van der Waals surface area contributed by atoms with E-state index >= 15 is 0 Å². The Hall–Kier alpha value is -1.14. The van der Waals surface area contributed by atoms with Gasteiger partial charge in [-0.05, 0) is 18.8 Å². The lowest BCUT2D eigenvalue weighted by Gasteiger charge is -2.33. The van der Waals surface area contributed by atoms with Crippen molar-refractivity contribution in [3.05, 3.63) is 0 Å². The van der Waals surface area contributed by atoms with E-state index in [2.05, 4.69) is 0 Å². The largest absolute Gasteiger partial charge is 0.480 e. The van der Waals surface area contributed by atoms with Gasteiger partial charge in [0.2, 0.25) is 5.91 Å². The highest BCUT2D eigenvalue weighted by Crippen LogP contribution is 2.15. The van der Waals surface area contributed by atoms with Crippen molar-refractivity contribution in [2.75, 3.05) is 19.7 Å². The quantitative estimate of drug-likeness (QED) is 0.727. The minimum absolute atomic E-state index is 0.0262. The van der Waals surface area contributed by atoms with Crippen LogP contribution in [0.15, 0.2) is 0 Å². The number of carboxylic acid groups (broad SMARTS) is 1. The van der Waals surface area contributed by atoms with Gasteiger partial charge >= 0.3 is 5.97 Å². The number of ether oxygens (including phenoxy) is 1. The topological polar surface area (TPSA) is 92.9 Å². The highest BCUT2D eigenvalue weighted by atomic mass is 16.5. The van der Waals surface area contributed by atoms with Crippen LogP contribution in [0, 0.1) is 5.92 Å². The van der Waals surface area contributed by atoms with Crippen LogP contribution in [0.2, 0.25) is 0 Å². The molecule has 1 rings (SSSR count). The minimum Gasteiger partial charge on any atom is -0.480 e. The predicted octanol–water partition coefficient (Wildman–Crippen LogP) is 0.0619. The molecule has 0 saturated carbocycles. The number of carboxylic acids is 1. The summed E-state index contributed by atoms with van der Waals surface area (Å²) in [7, 11) is 0. The number of hydrogen-bond donors (Lipinski definition) is 2. The predicted molar refractivity (Wildman–Crippen MR) is 66.0 cm³/mol. The molecule has 3 N–H and O–H groups in total. The molecule has 0 aromatic heterocycles. The van der Waals surface area contributed by atoms with Gasteiger partial charge in [0.25, 0.3) is 0 Å². The number of aliphatic carboxylic acids is 1. The molecule has 1 atom stereocenters. The maximum atomic E-state index is 12.0. The van der Waals surface area contributed by atoms with Crippen LogP contribution in [0.3, 0.4) is 0 Å². The van der Waals surface area contributed by atoms with Gasteiger partial charge in [-0.3, -0.25) is 4.79 Å². The second kappa shape index (κ2) is 6.70. The van der Waals surface area contributed by atoms with Crippen LogP contribution in [0.25, 0.3) is 0 Å². The number of nitrogens with zero attached hydrogens (tertiary/aromatic N) is 1. The summed E-state index contributed by atoms with van der Waals surface area (Å²) >= 11 is 0. The number of carbonyl (C=O) groups excluding carboxylic acids is 1. The van der Waals surface area contributed by atoms with Gasteiger partial charge in [0.15, 0.2) is 0 Å². The molecular weight excluding hydrogens is 236 g/mol. The van der Waals surface area contributed by atoms with E-state index in [-0.39, 0.29) is 24.5 Å². The molecule has 0 aromatic carbocycles. The van der Waals surface area contributed by atoms with Crippen LogP contribution in [-0.2, 0) is 14.3 Å². The Kier molecular flexibility index (Phi) is 5.55. The summed E-state index contributed by atoms with van der Waals surface area (Å²) in [6.45, 7) is 4.74. The van der Waals surface area contributed by atoms with Crippen molar-refractivity contribution in [2.45, 2.75) is 38.8 Å². The monoisotopic (exact) mass is 258 g/mol. The van der Waals surface area contributed by atoms with Gasteiger partial charge in [-0.2, -0.15) is 0 Å². The van der Waals surface area contributed by atoms with Gasteiger partial charge in [-0.15, -0.1) is 0 Å². The third-order valence-electron chi connectivity index (χ3n) is 3.20. The van der Waals surface area contributed by atoms with Crippen LogP contribution >= 0.6 is 0 Å². The normalized spacial score (nSPS) is 19.0. The molecule has 1 saturated heterocycles. The third-order valence-corrected chi connectivity index (χ3v) is 3.20. The minimum atomic E-state index is -0.963. The summed E-state index contributed by atoms with van der Waals surface area (Å²) in [5.74, 6) is -0.865. The Balaban J connectivity index is 2.35. The summed E-state index contributed by atoms with van der Waals surface area (Å²) in [5.41, 5.74) is 5.82. The summed E-state index contributed by atoms with van der Waals surface area (Å²) in [6, 6.07) is -0.457. The first-order valence-electron chi connectivity index (χ1n) is 6.29. The van der Waals surface area contributed by atoms with Crippen molar-refractivity contribution in [1.82, 2.24) is 4.90 Å². The van der Waals surface area contributed by atoms with Gasteiger partial charge in [0.1, 0.15) is 6.61 Å². The first-order chi connectivity index (χ1) is 8.41. The summed E-state index contributed by atoms with van der Waals surface area (Å²) in [6.07, 6.45) is 1.27. The van der Waals surface area contributed by atoms with Crippen molar-refractivity contribution in [1.29, 1.82) is 0 Å². The maximum absolute atomic E-state index is 12.0. The molecular formula is C12H22N2O4. The zero-order valence-electron chi connectivity index (χ0n) is 11.0. The van der Waals surface area contributed by atoms with Gasteiger partial charge in [-0.25, -0.2) is 4.79 Å². The van der Waals surface area contributed by atoms with E-state index in [4.69, 9.17) is 15.6 Å². The first kappa shape index (κ1) is 14.9. The van der Waals surface area contributed by atoms with E-state index in [9.17, 15) is 9.59 Å². The second-order valence-corrected chi connectivity index (χ2v) is 5.00. The van der Waals surface area contributed by atoms with Crippen LogP contribution < -0.4 is 5.73 Å². The van der Waals surface area contributed by atoms with E-state index in [1.807, 2.05) is 13.8 Å². The molecule has 0 aromatic rings. The van der Waals surface area contributed by atoms with Gasteiger partial charge in [0.05, 0.1) is 12.1 Å². The fraction of sp³-hybridized carbons (Fsp3) is 0.833. The second-order valence-electron chi connectivity index (χ2n) is 5.00. The van der Waals surface area contributed by atoms with Gasteiger partial charge in [-0.1, -0.05) is 13.8 Å². The van der Waals surface area contributed by atoms with E-state index < -0.39 is 12.0 Å². The Labute approximate surface area is 107 Å². The molecule has 0 aliphatic carbocycles. The summed E-state index contributed by atoms with van der Waals surface area (Å²) in [4.78, 5) is 24.1. The van der Waals surface area contributed by atoms with Crippen LogP contribution in [-0.4, -0.2) is 53.7 Å². The SMILES string of the molecule is CC(C)[C@@H](N)C(=O)N1CCC(OCC(=O)O)CC1. The zero-order valence-corrected chi connectivity index (χ0v) is 11.0. The molecule has 1 heterocycles. The van der Waals surface area contributed by atoms with Gasteiger partial charge in [0, 0.05) is 13.1 Å². The smallest absolute Gasteiger partial charge is 0.329 e. The molecule has 0 bridgehead atoms. The van der Waals surface area contributed by atoms with E-state index in [1.165, 1.54) is 0 Å². The van der Waals surface area contributed by atoms with Crippen molar-refractivity contribution in [3.63, 3.8) is 0 Å². The van der Waals surface area contributed by atoms with Crippen molar-refractivity contribution < 1.29 is 19.4 Å². The fourth-order valence-corrected chi connectivity index (χ4v) is 1.93. The van der Waals surface area contributed by atoms with E-state index in [1.54, 1.807) is 4.90 Å². The molecule has 1 aliphatic rings. The number of nitrogens with two attached hydrogens (primary N) is 1. The molecule has 1 fully saturated rings. The van der Waals surface area contributed by atoms with E-state index in [0.29, 0.717) is 25.9 Å². The number of likely N-dealkylation sites (tertiary alicyclic amines) is 1. The Morgan fingerprint density at radius 3 is 2.39 bits per heavy atom. The Bertz CT molecular complexity index is 298. The standard InChI is InChI=1S/C12H22N2O4/c1-8(2)11(13)12(17)14-5-3-9(4-6-14)18-7-10(15)16/h8-9,11H,3-7,13H2,1-2H3,(H,15,16)/t11-/m1/s1. The third kappa shape index (κ3) is 4.27. The Morgan fingerprint density at radius 1 is 1.39 bits per heavy atom. The van der Waals surface area contributed by atoms with Gasteiger partial charge < -0.3 is 20.5 Å². The number of rotatable bonds is 5. The van der Waals surface area contributed by atoms with Crippen molar-refractivity contribution in [2.24, 2.45) is 11.7 Å². The average molecular weight is 258 g/mol. The molecule has 0 unspecified atom stereocenters. The molecule has 0 spiro atoms. The summed E-state index contributed by atoms with van der Waals surface area (Å²) in [5, 5.41) is 8.51. The van der Waals surface area contributed by atoms with Crippen LogP contribution in [0.1, 0.15) is 26.7 Å². The average Bonchev–Trinajstić information content (AvgIpc) is 2.35. The number of hydrogen-bond acceptors (Lipinski definition) is 4. The lowest BCUT2D eigenvalue weighted by molar-refractivity contribution is -0.147. The number of carbonyl (C=O) groups is 2. The highest BCUT2D eigenvalue weighted by Gasteiger charge is 2.28. The Morgan fingerprint density at radius 2 is 1.94 bits per heavy atom. The fourth-order valence-electron chi connectivity index (χ4n) is 1.93. The maximum Gasteiger partial charge on any atom is 0.329 e. The number of amides is 1. The van der Waals surface area contributed by atoms with Crippen LogP contribution in [0.4, 0.5) is 0 Å². The molecule has 6 heteroatoms. The highest BCUT2D eigenvalue weighted by molar-refractivity contribution is 5.82. The first-order valence-corrected chi connectivity index (χ1v) is 6.29. The molecule has 6 nitrogen and oxygen atoms in total. The molecule has 1 aliphatic heterocycles. The lowest BCUT2D eigenvalue weighted by atomic mass is 10.0. The summed E-state index contributed by atoms with van der Waals surface area (Å²) < 4.78 is 5.21. The van der Waals surface area contributed by atoms with E-state index in [0.717, 1.165) is 0 Å². The molecule has 104 valence electrons. The zero-order chi connectivity index (χ0) is 13.7. The van der Waals surface area contributed by atoms with Crippen LogP contribution in [0.5, 0.6) is 0 Å². The molecule has 0 radical (unpaired) electrons. The lowest BCUT2D eigenvalue weighted by Crippen LogP contribution is -2.50. The molecule has 1 amide bonds. The van der Waals surface area contributed by atoms with Crippen molar-refractivity contribution in [3.8, 4) is 0 Å². The number of piperidine rings is 1. The van der Waals surface area contributed by atoms with Crippen molar-refractivity contribution >= 4 is 11.9 Å². The molecule has 18 heavy (non-hydrogen) atoms.